The van der Waals surface area contributed by atoms with E-state index in [-0.39, 0.29) is 16.6 Å². The van der Waals surface area contributed by atoms with Crippen molar-refractivity contribution in [1.29, 1.82) is 0 Å². The second kappa shape index (κ2) is 5.29. The number of rotatable bonds is 3. The van der Waals surface area contributed by atoms with E-state index in [9.17, 15) is 10.1 Å². The van der Waals surface area contributed by atoms with Crippen molar-refractivity contribution in [2.75, 3.05) is 0 Å². The van der Waals surface area contributed by atoms with Gasteiger partial charge in [-0.2, -0.15) is 4.98 Å². The van der Waals surface area contributed by atoms with E-state index in [4.69, 9.17) is 16.1 Å². The number of non-ortho nitro benzene ring substituents is 1. The van der Waals surface area contributed by atoms with Gasteiger partial charge in [0.15, 0.2) is 0 Å². The minimum atomic E-state index is -0.522. The molecule has 0 spiro atoms. The molecule has 0 radical (unpaired) electrons. The van der Waals surface area contributed by atoms with Gasteiger partial charge in [0.05, 0.1) is 15.5 Å². The molecular formula is C13H7ClN4O3. The number of hydrogen-bond donors (Lipinski definition) is 0. The van der Waals surface area contributed by atoms with E-state index < -0.39 is 4.92 Å². The summed E-state index contributed by atoms with van der Waals surface area (Å²) in [6, 6.07) is 7.53. The molecule has 2 heterocycles. The van der Waals surface area contributed by atoms with Crippen LogP contribution in [0.15, 0.2) is 47.2 Å². The van der Waals surface area contributed by atoms with E-state index in [0.717, 1.165) is 5.56 Å². The number of nitrogens with zero attached hydrogens (tertiary/aromatic N) is 4. The normalized spacial score (nSPS) is 10.5. The molecule has 0 N–H and O–H groups in total. The van der Waals surface area contributed by atoms with Crippen LogP contribution >= 0.6 is 11.6 Å². The molecule has 0 aliphatic heterocycles. The van der Waals surface area contributed by atoms with Crippen molar-refractivity contribution in [2.24, 2.45) is 0 Å². The maximum atomic E-state index is 10.7. The summed E-state index contributed by atoms with van der Waals surface area (Å²) in [5, 5.41) is 14.7. The predicted octanol–water partition coefficient (Wildman–Crippen LogP) is 3.36. The van der Waals surface area contributed by atoms with Crippen molar-refractivity contribution in [3.8, 4) is 22.8 Å². The first-order chi connectivity index (χ1) is 10.1. The molecule has 0 fully saturated rings. The third-order valence-electron chi connectivity index (χ3n) is 2.76. The van der Waals surface area contributed by atoms with Gasteiger partial charge < -0.3 is 4.52 Å². The average molecular weight is 303 g/mol. The van der Waals surface area contributed by atoms with Crippen LogP contribution in [0.3, 0.4) is 0 Å². The average Bonchev–Trinajstić information content (AvgIpc) is 2.97. The van der Waals surface area contributed by atoms with Gasteiger partial charge in [-0.25, -0.2) is 0 Å². The third-order valence-corrected chi connectivity index (χ3v) is 3.07. The summed E-state index contributed by atoms with van der Waals surface area (Å²) >= 11 is 6.02. The van der Waals surface area contributed by atoms with E-state index in [1.807, 2.05) is 0 Å². The Bertz CT molecular complexity index is 804. The molecule has 21 heavy (non-hydrogen) atoms. The summed E-state index contributed by atoms with van der Waals surface area (Å²) in [5.41, 5.74) is 1.09. The van der Waals surface area contributed by atoms with Crippen LogP contribution in [0.4, 0.5) is 5.69 Å². The molecule has 0 aliphatic carbocycles. The summed E-state index contributed by atoms with van der Waals surface area (Å²) in [7, 11) is 0. The monoisotopic (exact) mass is 302 g/mol. The fourth-order valence-corrected chi connectivity index (χ4v) is 2.00. The molecule has 0 unspecified atom stereocenters. The Morgan fingerprint density at radius 2 is 1.95 bits per heavy atom. The zero-order valence-corrected chi connectivity index (χ0v) is 11.2. The molecule has 0 amide bonds. The van der Waals surface area contributed by atoms with Crippen LogP contribution in [0.1, 0.15) is 0 Å². The predicted molar refractivity (Wildman–Crippen MR) is 74.6 cm³/mol. The number of benzene rings is 1. The largest absolute Gasteiger partial charge is 0.334 e. The van der Waals surface area contributed by atoms with Gasteiger partial charge in [-0.1, -0.05) is 16.8 Å². The van der Waals surface area contributed by atoms with Gasteiger partial charge in [-0.05, 0) is 18.2 Å². The Morgan fingerprint density at radius 3 is 2.62 bits per heavy atom. The van der Waals surface area contributed by atoms with Crippen molar-refractivity contribution >= 4 is 17.3 Å². The molecule has 1 aromatic carbocycles. The lowest BCUT2D eigenvalue weighted by atomic mass is 10.2. The molecule has 0 bridgehead atoms. The Hall–Kier alpha value is -2.80. The van der Waals surface area contributed by atoms with E-state index in [1.165, 1.54) is 18.2 Å². The maximum Gasteiger partial charge on any atom is 0.270 e. The number of pyridine rings is 1. The number of nitro benzene ring substituents is 1. The standard InChI is InChI=1S/C13H7ClN4O3/c14-11-7-9(18(19)20)1-2-10(11)13-16-12(17-21-13)8-3-5-15-6-4-8/h1-7H. The highest BCUT2D eigenvalue weighted by molar-refractivity contribution is 6.33. The lowest BCUT2D eigenvalue weighted by molar-refractivity contribution is -0.384. The van der Waals surface area contributed by atoms with E-state index in [0.29, 0.717) is 11.4 Å². The van der Waals surface area contributed by atoms with Crippen LogP contribution in [0.2, 0.25) is 5.02 Å². The van der Waals surface area contributed by atoms with Crippen molar-refractivity contribution in [3.05, 3.63) is 57.9 Å². The Balaban J connectivity index is 1.99. The highest BCUT2D eigenvalue weighted by atomic mass is 35.5. The van der Waals surface area contributed by atoms with Crippen LogP contribution in [-0.2, 0) is 0 Å². The number of hydrogen-bond acceptors (Lipinski definition) is 6. The van der Waals surface area contributed by atoms with Crippen molar-refractivity contribution in [1.82, 2.24) is 15.1 Å². The summed E-state index contributed by atoms with van der Waals surface area (Å²) in [4.78, 5) is 18.3. The fraction of sp³-hybridized carbons (Fsp3) is 0. The van der Waals surface area contributed by atoms with E-state index >= 15 is 0 Å². The second-order valence-corrected chi connectivity index (χ2v) is 4.49. The Labute approximate surface area is 123 Å². The number of nitro groups is 1. The molecule has 0 atom stereocenters. The van der Waals surface area contributed by atoms with Gasteiger partial charge in [-0.15, -0.1) is 0 Å². The summed E-state index contributed by atoms with van der Waals surface area (Å²) in [5.74, 6) is 0.587. The molecule has 7 nitrogen and oxygen atoms in total. The highest BCUT2D eigenvalue weighted by Gasteiger charge is 2.16. The Kier molecular flexibility index (Phi) is 3.33. The smallest absolute Gasteiger partial charge is 0.270 e. The van der Waals surface area contributed by atoms with Crippen LogP contribution in [0.5, 0.6) is 0 Å². The van der Waals surface area contributed by atoms with Crippen LogP contribution in [0, 0.1) is 10.1 Å². The topological polar surface area (TPSA) is 95.0 Å². The second-order valence-electron chi connectivity index (χ2n) is 4.08. The van der Waals surface area contributed by atoms with Gasteiger partial charge in [0.25, 0.3) is 11.6 Å². The van der Waals surface area contributed by atoms with Gasteiger partial charge in [0, 0.05) is 30.1 Å². The van der Waals surface area contributed by atoms with Crippen molar-refractivity contribution in [2.45, 2.75) is 0 Å². The summed E-state index contributed by atoms with van der Waals surface area (Å²) < 4.78 is 5.15. The molecule has 3 rings (SSSR count). The molecule has 3 aromatic rings. The van der Waals surface area contributed by atoms with Gasteiger partial charge in [0.2, 0.25) is 5.82 Å². The first-order valence-electron chi connectivity index (χ1n) is 5.83. The molecule has 0 saturated carbocycles. The van der Waals surface area contributed by atoms with Gasteiger partial charge in [0.1, 0.15) is 0 Å². The van der Waals surface area contributed by atoms with Crippen LogP contribution < -0.4 is 0 Å². The third kappa shape index (κ3) is 2.59. The minimum Gasteiger partial charge on any atom is -0.334 e. The van der Waals surface area contributed by atoms with E-state index in [2.05, 4.69) is 15.1 Å². The first kappa shape index (κ1) is 13.2. The number of aromatic nitrogens is 3. The van der Waals surface area contributed by atoms with Crippen molar-refractivity contribution in [3.63, 3.8) is 0 Å². The molecular weight excluding hydrogens is 296 g/mol. The van der Waals surface area contributed by atoms with E-state index in [1.54, 1.807) is 24.5 Å². The first-order valence-corrected chi connectivity index (χ1v) is 6.21. The fourth-order valence-electron chi connectivity index (χ4n) is 1.74. The SMILES string of the molecule is O=[N+]([O-])c1ccc(-c2nc(-c3ccncc3)no2)c(Cl)c1. The summed E-state index contributed by atoms with van der Waals surface area (Å²) in [6.07, 6.45) is 3.23. The lowest BCUT2D eigenvalue weighted by Crippen LogP contribution is -1.88. The highest BCUT2D eigenvalue weighted by Crippen LogP contribution is 2.31. The maximum absolute atomic E-state index is 10.7. The van der Waals surface area contributed by atoms with Crippen molar-refractivity contribution < 1.29 is 9.45 Å². The minimum absolute atomic E-state index is 0.0994. The molecule has 8 heteroatoms. The summed E-state index contributed by atoms with van der Waals surface area (Å²) in [6.45, 7) is 0. The van der Waals surface area contributed by atoms with Crippen LogP contribution in [0.25, 0.3) is 22.8 Å². The zero-order valence-electron chi connectivity index (χ0n) is 10.4. The zero-order chi connectivity index (χ0) is 14.8. The molecule has 0 saturated heterocycles. The molecule has 104 valence electrons. The lowest BCUT2D eigenvalue weighted by Gasteiger charge is -1.98. The molecule has 0 aliphatic rings. The Morgan fingerprint density at radius 1 is 1.19 bits per heavy atom. The van der Waals surface area contributed by atoms with Gasteiger partial charge in [-0.3, -0.25) is 15.1 Å². The van der Waals surface area contributed by atoms with Gasteiger partial charge >= 0.3 is 0 Å². The van der Waals surface area contributed by atoms with Crippen LogP contribution in [-0.4, -0.2) is 20.0 Å². The quantitative estimate of drug-likeness (QED) is 0.544. The number of halogens is 1. The molecule has 2 aromatic heterocycles.